The molecule has 1 aliphatic rings. The van der Waals surface area contributed by atoms with Crippen molar-refractivity contribution >= 4 is 0 Å². The molecule has 1 aliphatic carbocycles. The maximum atomic E-state index is 2.44. The van der Waals surface area contributed by atoms with Gasteiger partial charge in [-0.05, 0) is 42.7 Å². The van der Waals surface area contributed by atoms with Gasteiger partial charge < -0.3 is 0 Å². The van der Waals surface area contributed by atoms with Gasteiger partial charge in [0, 0.05) is 0 Å². The maximum absolute atomic E-state index is 2.44. The van der Waals surface area contributed by atoms with Gasteiger partial charge in [0.2, 0.25) is 0 Å². The van der Waals surface area contributed by atoms with E-state index < -0.39 is 0 Å². The standard InChI is InChI=1S/C13H22/c1-6-11-10(2)8-7-9-12(11)13(3,4)5/h9H,6-8H2,1-5H3. The molecule has 0 aromatic rings. The normalized spacial score (nSPS) is 19.0. The van der Waals surface area contributed by atoms with Crippen LogP contribution < -0.4 is 0 Å². The highest BCUT2D eigenvalue weighted by molar-refractivity contribution is 5.40. The van der Waals surface area contributed by atoms with Crippen LogP contribution in [0.2, 0.25) is 0 Å². The number of hydrogen-bond donors (Lipinski definition) is 0. The van der Waals surface area contributed by atoms with Gasteiger partial charge >= 0.3 is 0 Å². The molecule has 0 spiro atoms. The van der Waals surface area contributed by atoms with Gasteiger partial charge in [-0.2, -0.15) is 0 Å². The molecule has 0 radical (unpaired) electrons. The fourth-order valence-corrected chi connectivity index (χ4v) is 2.19. The van der Waals surface area contributed by atoms with Crippen LogP contribution in [-0.2, 0) is 0 Å². The molecule has 0 heterocycles. The summed E-state index contributed by atoms with van der Waals surface area (Å²) < 4.78 is 0. The zero-order valence-corrected chi connectivity index (χ0v) is 9.70. The summed E-state index contributed by atoms with van der Waals surface area (Å²) in [6, 6.07) is 0. The molecular formula is C13H22. The van der Waals surface area contributed by atoms with E-state index in [0.29, 0.717) is 5.41 Å². The van der Waals surface area contributed by atoms with E-state index in [1.807, 2.05) is 0 Å². The predicted octanol–water partition coefficient (Wildman–Crippen LogP) is 4.48. The van der Waals surface area contributed by atoms with Crippen molar-refractivity contribution in [2.75, 3.05) is 0 Å². The van der Waals surface area contributed by atoms with Crippen molar-refractivity contribution in [2.45, 2.75) is 53.9 Å². The molecule has 0 heteroatoms. The van der Waals surface area contributed by atoms with Crippen LogP contribution in [0.4, 0.5) is 0 Å². The highest BCUT2D eigenvalue weighted by Crippen LogP contribution is 2.38. The van der Waals surface area contributed by atoms with E-state index in [0.717, 1.165) is 0 Å². The van der Waals surface area contributed by atoms with Crippen molar-refractivity contribution in [3.05, 3.63) is 22.8 Å². The number of hydrogen-bond acceptors (Lipinski definition) is 0. The van der Waals surface area contributed by atoms with Crippen molar-refractivity contribution in [1.82, 2.24) is 0 Å². The van der Waals surface area contributed by atoms with Gasteiger partial charge in [-0.1, -0.05) is 39.3 Å². The van der Waals surface area contributed by atoms with Crippen LogP contribution in [0, 0.1) is 5.41 Å². The molecule has 0 unspecified atom stereocenters. The Morgan fingerprint density at radius 1 is 1.31 bits per heavy atom. The van der Waals surface area contributed by atoms with Gasteiger partial charge in [0.25, 0.3) is 0 Å². The molecule has 0 saturated carbocycles. The third kappa shape index (κ3) is 2.24. The monoisotopic (exact) mass is 178 g/mol. The lowest BCUT2D eigenvalue weighted by Crippen LogP contribution is -2.14. The molecule has 0 amide bonds. The summed E-state index contributed by atoms with van der Waals surface area (Å²) >= 11 is 0. The molecule has 0 aromatic carbocycles. The van der Waals surface area contributed by atoms with Crippen LogP contribution in [0.3, 0.4) is 0 Å². The lowest BCUT2D eigenvalue weighted by atomic mass is 9.76. The van der Waals surface area contributed by atoms with E-state index in [-0.39, 0.29) is 0 Å². The largest absolute Gasteiger partial charge is 0.0802 e. The molecule has 74 valence electrons. The smallest absolute Gasteiger partial charge is 0.0132 e. The van der Waals surface area contributed by atoms with E-state index in [1.54, 1.807) is 16.7 Å². The van der Waals surface area contributed by atoms with Crippen LogP contribution in [0.15, 0.2) is 22.8 Å². The van der Waals surface area contributed by atoms with Crippen LogP contribution in [0.25, 0.3) is 0 Å². The Balaban J connectivity index is 3.04. The third-order valence-corrected chi connectivity index (χ3v) is 2.87. The van der Waals surface area contributed by atoms with Gasteiger partial charge in [-0.3, -0.25) is 0 Å². The second kappa shape index (κ2) is 3.69. The summed E-state index contributed by atoms with van der Waals surface area (Å²) in [5.74, 6) is 0. The first-order chi connectivity index (χ1) is 5.96. The predicted molar refractivity (Wildman–Crippen MR) is 59.8 cm³/mol. The molecule has 13 heavy (non-hydrogen) atoms. The fourth-order valence-electron chi connectivity index (χ4n) is 2.19. The molecule has 0 atom stereocenters. The van der Waals surface area contributed by atoms with Gasteiger partial charge in [0.1, 0.15) is 0 Å². The van der Waals surface area contributed by atoms with Crippen molar-refractivity contribution in [3.63, 3.8) is 0 Å². The minimum Gasteiger partial charge on any atom is -0.0802 e. The van der Waals surface area contributed by atoms with Crippen molar-refractivity contribution in [1.29, 1.82) is 0 Å². The lowest BCUT2D eigenvalue weighted by Gasteiger charge is -2.29. The molecule has 0 aromatic heterocycles. The summed E-state index contributed by atoms with van der Waals surface area (Å²) in [6.07, 6.45) is 6.13. The average molecular weight is 178 g/mol. The second-order valence-corrected chi connectivity index (χ2v) is 5.02. The summed E-state index contributed by atoms with van der Waals surface area (Å²) in [5, 5.41) is 0. The zero-order valence-electron chi connectivity index (χ0n) is 9.70. The minimum atomic E-state index is 0.326. The first-order valence-corrected chi connectivity index (χ1v) is 5.36. The van der Waals surface area contributed by atoms with E-state index in [2.05, 4.69) is 40.7 Å². The van der Waals surface area contributed by atoms with Gasteiger partial charge in [-0.25, -0.2) is 0 Å². The Bertz CT molecular complexity index is 246. The molecule has 0 N–H and O–H groups in total. The van der Waals surface area contributed by atoms with E-state index in [9.17, 15) is 0 Å². The molecule has 0 saturated heterocycles. The molecule has 0 fully saturated rings. The molecule has 0 bridgehead atoms. The maximum Gasteiger partial charge on any atom is -0.0132 e. The quantitative estimate of drug-likeness (QED) is 0.555. The van der Waals surface area contributed by atoms with Crippen molar-refractivity contribution < 1.29 is 0 Å². The highest BCUT2D eigenvalue weighted by atomic mass is 14.3. The topological polar surface area (TPSA) is 0 Å². The Morgan fingerprint density at radius 3 is 2.31 bits per heavy atom. The first-order valence-electron chi connectivity index (χ1n) is 5.36. The lowest BCUT2D eigenvalue weighted by molar-refractivity contribution is 0.499. The summed E-state index contributed by atoms with van der Waals surface area (Å²) in [6.45, 7) is 11.5. The summed E-state index contributed by atoms with van der Waals surface area (Å²) in [7, 11) is 0. The second-order valence-electron chi connectivity index (χ2n) is 5.02. The summed E-state index contributed by atoms with van der Waals surface area (Å²) in [5.41, 5.74) is 5.12. The Morgan fingerprint density at radius 2 is 1.92 bits per heavy atom. The fraction of sp³-hybridized carbons (Fsp3) is 0.692. The zero-order chi connectivity index (χ0) is 10.1. The van der Waals surface area contributed by atoms with Crippen molar-refractivity contribution in [2.24, 2.45) is 5.41 Å². The third-order valence-electron chi connectivity index (χ3n) is 2.87. The van der Waals surface area contributed by atoms with E-state index in [1.165, 1.54) is 19.3 Å². The molecular weight excluding hydrogens is 156 g/mol. The molecule has 1 rings (SSSR count). The van der Waals surface area contributed by atoms with Crippen LogP contribution in [0.5, 0.6) is 0 Å². The van der Waals surface area contributed by atoms with Crippen LogP contribution in [-0.4, -0.2) is 0 Å². The summed E-state index contributed by atoms with van der Waals surface area (Å²) in [4.78, 5) is 0. The van der Waals surface area contributed by atoms with Gasteiger partial charge in [0.05, 0.1) is 0 Å². The van der Waals surface area contributed by atoms with Gasteiger partial charge in [0.15, 0.2) is 0 Å². The van der Waals surface area contributed by atoms with Crippen LogP contribution >= 0.6 is 0 Å². The highest BCUT2D eigenvalue weighted by Gasteiger charge is 2.22. The SMILES string of the molecule is CCC1=C(C)CCC=C1C(C)(C)C. The van der Waals surface area contributed by atoms with Crippen LogP contribution in [0.1, 0.15) is 53.9 Å². The Labute approximate surface area is 82.7 Å². The Kier molecular flexibility index (Phi) is 3.00. The van der Waals surface area contributed by atoms with E-state index >= 15 is 0 Å². The molecule has 0 aliphatic heterocycles. The Hall–Kier alpha value is -0.520. The average Bonchev–Trinajstić information content (AvgIpc) is 2.02. The number of allylic oxidation sites excluding steroid dienone is 4. The minimum absolute atomic E-state index is 0.326. The molecule has 0 nitrogen and oxygen atoms in total. The number of rotatable bonds is 1. The van der Waals surface area contributed by atoms with Crippen molar-refractivity contribution in [3.8, 4) is 0 Å². The van der Waals surface area contributed by atoms with E-state index in [4.69, 9.17) is 0 Å². The first kappa shape index (κ1) is 10.6. The van der Waals surface area contributed by atoms with Gasteiger partial charge in [-0.15, -0.1) is 0 Å².